The van der Waals surface area contributed by atoms with E-state index >= 15 is 0 Å². The zero-order valence-electron chi connectivity index (χ0n) is 21.6. The lowest BCUT2D eigenvalue weighted by atomic mass is 10.0. The van der Waals surface area contributed by atoms with Crippen molar-refractivity contribution in [2.75, 3.05) is 11.9 Å². The zero-order chi connectivity index (χ0) is 26.5. The van der Waals surface area contributed by atoms with E-state index < -0.39 is 18.1 Å². The van der Waals surface area contributed by atoms with Gasteiger partial charge in [-0.1, -0.05) is 53.7 Å². The van der Waals surface area contributed by atoms with Crippen molar-refractivity contribution in [3.05, 3.63) is 29.8 Å². The van der Waals surface area contributed by atoms with Crippen LogP contribution in [0.5, 0.6) is 0 Å². The standard InChI is InChI=1S/C25H41N5O5/c1-15(2)21(28-17(5)6)23(32)30-20(8-7-13-27-25(26)34)22(31)29-19-11-9-18(10-12-19)14-35-24(33)16(3)4/h9-12,15-17,20-21,28H,7-8,13-14H2,1-6H3,(H,29,31)(H,30,32)(H3,26,27,34). The van der Waals surface area contributed by atoms with Crippen LogP contribution < -0.4 is 27.0 Å². The highest BCUT2D eigenvalue weighted by Gasteiger charge is 2.27. The molecule has 2 atom stereocenters. The van der Waals surface area contributed by atoms with Gasteiger partial charge in [-0.2, -0.15) is 0 Å². The number of carbonyl (C=O) groups excluding carboxylic acids is 4. The number of carbonyl (C=O) groups is 4. The van der Waals surface area contributed by atoms with Crippen molar-refractivity contribution in [2.45, 2.75) is 79.1 Å². The molecule has 1 rings (SSSR count). The number of ether oxygens (including phenoxy) is 1. The van der Waals surface area contributed by atoms with E-state index in [0.29, 0.717) is 18.5 Å². The molecule has 1 aromatic rings. The second kappa shape index (κ2) is 15.0. The van der Waals surface area contributed by atoms with E-state index in [1.807, 2.05) is 27.7 Å². The van der Waals surface area contributed by atoms with Crippen molar-refractivity contribution in [1.29, 1.82) is 0 Å². The molecule has 6 N–H and O–H groups in total. The van der Waals surface area contributed by atoms with E-state index in [1.54, 1.807) is 38.1 Å². The molecule has 0 heterocycles. The molecule has 0 spiro atoms. The van der Waals surface area contributed by atoms with Gasteiger partial charge in [0.2, 0.25) is 11.8 Å². The topological polar surface area (TPSA) is 152 Å². The molecule has 196 valence electrons. The molecule has 0 aliphatic carbocycles. The van der Waals surface area contributed by atoms with Crippen LogP contribution in [-0.2, 0) is 25.7 Å². The predicted molar refractivity (Wildman–Crippen MR) is 135 cm³/mol. The second-order valence-electron chi connectivity index (χ2n) is 9.49. The first-order chi connectivity index (χ1) is 16.4. The fourth-order valence-electron chi connectivity index (χ4n) is 3.21. The van der Waals surface area contributed by atoms with Crippen LogP contribution in [0.3, 0.4) is 0 Å². The number of esters is 1. The molecule has 4 amide bonds. The summed E-state index contributed by atoms with van der Waals surface area (Å²) in [6.07, 6.45) is 0.763. The van der Waals surface area contributed by atoms with Crippen LogP contribution in [-0.4, -0.2) is 48.5 Å². The van der Waals surface area contributed by atoms with Crippen molar-refractivity contribution in [3.63, 3.8) is 0 Å². The average molecular weight is 492 g/mol. The van der Waals surface area contributed by atoms with Gasteiger partial charge in [0.25, 0.3) is 0 Å². The maximum absolute atomic E-state index is 13.0. The largest absolute Gasteiger partial charge is 0.461 e. The van der Waals surface area contributed by atoms with Crippen LogP contribution in [0.15, 0.2) is 24.3 Å². The molecular weight excluding hydrogens is 450 g/mol. The van der Waals surface area contributed by atoms with E-state index in [4.69, 9.17) is 10.5 Å². The molecule has 0 bridgehead atoms. The number of benzene rings is 1. The number of anilines is 1. The van der Waals surface area contributed by atoms with Gasteiger partial charge in [-0.15, -0.1) is 0 Å². The summed E-state index contributed by atoms with van der Waals surface area (Å²) < 4.78 is 5.21. The summed E-state index contributed by atoms with van der Waals surface area (Å²) in [4.78, 5) is 48.6. The van der Waals surface area contributed by atoms with Gasteiger partial charge >= 0.3 is 12.0 Å². The van der Waals surface area contributed by atoms with E-state index in [2.05, 4.69) is 21.3 Å². The Hall–Kier alpha value is -3.14. The van der Waals surface area contributed by atoms with Gasteiger partial charge in [0.1, 0.15) is 12.6 Å². The van der Waals surface area contributed by atoms with Gasteiger partial charge < -0.3 is 31.7 Å². The molecular formula is C25H41N5O5. The quantitative estimate of drug-likeness (QED) is 0.199. The smallest absolute Gasteiger partial charge is 0.312 e. The SMILES string of the molecule is CC(C)NC(C(=O)NC(CCCNC(N)=O)C(=O)Nc1ccc(COC(=O)C(C)C)cc1)C(C)C. The lowest BCUT2D eigenvalue weighted by Crippen LogP contribution is -2.54. The van der Waals surface area contributed by atoms with E-state index in [9.17, 15) is 19.2 Å². The molecule has 0 saturated heterocycles. The van der Waals surface area contributed by atoms with E-state index in [0.717, 1.165) is 5.56 Å². The number of amides is 4. The van der Waals surface area contributed by atoms with Crippen molar-refractivity contribution >= 4 is 29.5 Å². The first kappa shape index (κ1) is 29.9. The monoisotopic (exact) mass is 491 g/mol. The molecule has 0 aliphatic rings. The molecule has 0 radical (unpaired) electrons. The maximum atomic E-state index is 13.0. The Balaban J connectivity index is 2.85. The number of nitrogens with one attached hydrogen (secondary N) is 4. The number of urea groups is 1. The summed E-state index contributed by atoms with van der Waals surface area (Å²) in [6, 6.07) is 5.13. The first-order valence-corrected chi connectivity index (χ1v) is 12.1. The lowest BCUT2D eigenvalue weighted by Gasteiger charge is -2.27. The molecule has 2 unspecified atom stereocenters. The number of hydrogen-bond donors (Lipinski definition) is 5. The van der Waals surface area contributed by atoms with Gasteiger partial charge in [0.05, 0.1) is 12.0 Å². The molecule has 0 fully saturated rings. The third-order valence-electron chi connectivity index (χ3n) is 5.14. The fraction of sp³-hybridized carbons (Fsp3) is 0.600. The van der Waals surface area contributed by atoms with Gasteiger partial charge in [-0.3, -0.25) is 14.4 Å². The molecule has 0 aliphatic heterocycles. The molecule has 0 saturated carbocycles. The average Bonchev–Trinajstić information content (AvgIpc) is 2.77. The number of rotatable bonds is 14. The number of primary amides is 1. The summed E-state index contributed by atoms with van der Waals surface area (Å²) in [5, 5.41) is 11.4. The van der Waals surface area contributed by atoms with Crippen LogP contribution in [0.1, 0.15) is 59.9 Å². The second-order valence-corrected chi connectivity index (χ2v) is 9.49. The minimum Gasteiger partial charge on any atom is -0.461 e. The van der Waals surface area contributed by atoms with Crippen LogP contribution in [0.2, 0.25) is 0 Å². The molecule has 10 heteroatoms. The minimum atomic E-state index is -0.806. The summed E-state index contributed by atoms with van der Waals surface area (Å²) in [5.41, 5.74) is 6.44. The summed E-state index contributed by atoms with van der Waals surface area (Å²) in [6.45, 7) is 11.8. The van der Waals surface area contributed by atoms with Gasteiger partial charge in [0, 0.05) is 18.3 Å². The Labute approximate surface area is 208 Å². The van der Waals surface area contributed by atoms with Crippen LogP contribution in [0, 0.1) is 11.8 Å². The first-order valence-electron chi connectivity index (χ1n) is 12.1. The van der Waals surface area contributed by atoms with Crippen LogP contribution in [0.4, 0.5) is 10.5 Å². The van der Waals surface area contributed by atoms with Crippen LogP contribution in [0.25, 0.3) is 0 Å². The normalized spacial score (nSPS) is 12.8. The molecule has 1 aromatic carbocycles. The van der Waals surface area contributed by atoms with Crippen molar-refractivity contribution in [1.82, 2.24) is 16.0 Å². The molecule has 10 nitrogen and oxygen atoms in total. The zero-order valence-corrected chi connectivity index (χ0v) is 21.6. The maximum Gasteiger partial charge on any atom is 0.312 e. The Kier molecular flexibility index (Phi) is 12.8. The summed E-state index contributed by atoms with van der Waals surface area (Å²) in [5.74, 6) is -1.10. The van der Waals surface area contributed by atoms with Crippen LogP contribution >= 0.6 is 0 Å². The Morgan fingerprint density at radius 3 is 2.09 bits per heavy atom. The molecule has 35 heavy (non-hydrogen) atoms. The lowest BCUT2D eigenvalue weighted by molar-refractivity contribution is -0.148. The minimum absolute atomic E-state index is 0.0231. The Morgan fingerprint density at radius 2 is 1.57 bits per heavy atom. The van der Waals surface area contributed by atoms with E-state index in [-0.39, 0.29) is 48.8 Å². The van der Waals surface area contributed by atoms with Gasteiger partial charge in [0.15, 0.2) is 0 Å². The van der Waals surface area contributed by atoms with E-state index in [1.165, 1.54) is 0 Å². The van der Waals surface area contributed by atoms with Crippen molar-refractivity contribution in [2.24, 2.45) is 17.6 Å². The molecule has 0 aromatic heterocycles. The highest BCUT2D eigenvalue weighted by Crippen LogP contribution is 2.13. The number of hydrogen-bond acceptors (Lipinski definition) is 6. The Morgan fingerprint density at radius 1 is 0.943 bits per heavy atom. The third kappa shape index (κ3) is 11.7. The third-order valence-corrected chi connectivity index (χ3v) is 5.14. The van der Waals surface area contributed by atoms with Crippen molar-refractivity contribution in [3.8, 4) is 0 Å². The fourth-order valence-corrected chi connectivity index (χ4v) is 3.21. The summed E-state index contributed by atoms with van der Waals surface area (Å²) >= 11 is 0. The highest BCUT2D eigenvalue weighted by atomic mass is 16.5. The van der Waals surface area contributed by atoms with Crippen molar-refractivity contribution < 1.29 is 23.9 Å². The number of nitrogens with two attached hydrogens (primary N) is 1. The highest BCUT2D eigenvalue weighted by molar-refractivity contribution is 5.97. The van der Waals surface area contributed by atoms with Gasteiger partial charge in [-0.25, -0.2) is 4.79 Å². The van der Waals surface area contributed by atoms with Gasteiger partial charge in [-0.05, 0) is 36.5 Å². The Bertz CT molecular complexity index is 839. The summed E-state index contributed by atoms with van der Waals surface area (Å²) in [7, 11) is 0. The predicted octanol–water partition coefficient (Wildman–Crippen LogP) is 2.28.